The largest absolute Gasteiger partial charge is 0.454 e. The minimum Gasteiger partial charge on any atom is -0.454 e. The SMILES string of the molecule is N[C@H]1CN(C(=O)Cc2ccc3c(c2)OCO3)C[C@@H]1c1ccccc1. The van der Waals surface area contributed by atoms with Gasteiger partial charge in [0.1, 0.15) is 0 Å². The second-order valence-electron chi connectivity index (χ2n) is 6.34. The fourth-order valence-electron chi connectivity index (χ4n) is 3.42. The summed E-state index contributed by atoms with van der Waals surface area (Å²) >= 11 is 0. The Morgan fingerprint density at radius 1 is 1.08 bits per heavy atom. The maximum Gasteiger partial charge on any atom is 0.231 e. The highest BCUT2D eigenvalue weighted by Crippen LogP contribution is 2.33. The van der Waals surface area contributed by atoms with Crippen LogP contribution in [0.5, 0.6) is 11.5 Å². The zero-order valence-electron chi connectivity index (χ0n) is 13.4. The summed E-state index contributed by atoms with van der Waals surface area (Å²) in [5, 5.41) is 0. The summed E-state index contributed by atoms with van der Waals surface area (Å²) in [4.78, 5) is 14.5. The first-order valence-electron chi connectivity index (χ1n) is 8.17. The number of rotatable bonds is 3. The Labute approximate surface area is 141 Å². The van der Waals surface area contributed by atoms with E-state index in [9.17, 15) is 4.79 Å². The second-order valence-corrected chi connectivity index (χ2v) is 6.34. The lowest BCUT2D eigenvalue weighted by Gasteiger charge is -2.16. The number of hydrogen-bond acceptors (Lipinski definition) is 4. The number of carbonyl (C=O) groups excluding carboxylic acids is 1. The molecular weight excluding hydrogens is 304 g/mol. The van der Waals surface area contributed by atoms with Crippen LogP contribution in [-0.4, -0.2) is 36.7 Å². The van der Waals surface area contributed by atoms with Crippen LogP contribution in [0.4, 0.5) is 0 Å². The van der Waals surface area contributed by atoms with Crippen LogP contribution >= 0.6 is 0 Å². The van der Waals surface area contributed by atoms with E-state index >= 15 is 0 Å². The summed E-state index contributed by atoms with van der Waals surface area (Å²) in [6.45, 7) is 1.52. The zero-order valence-corrected chi connectivity index (χ0v) is 13.4. The van der Waals surface area contributed by atoms with Gasteiger partial charge in [-0.3, -0.25) is 4.79 Å². The molecule has 0 saturated carbocycles. The van der Waals surface area contributed by atoms with Gasteiger partial charge in [-0.25, -0.2) is 0 Å². The molecule has 1 amide bonds. The first-order chi connectivity index (χ1) is 11.7. The van der Waals surface area contributed by atoms with Crippen LogP contribution < -0.4 is 15.2 Å². The molecule has 2 aliphatic rings. The van der Waals surface area contributed by atoms with Gasteiger partial charge in [-0.1, -0.05) is 36.4 Å². The molecule has 0 spiro atoms. The topological polar surface area (TPSA) is 64.8 Å². The number of likely N-dealkylation sites (tertiary alicyclic amines) is 1. The smallest absolute Gasteiger partial charge is 0.231 e. The summed E-state index contributed by atoms with van der Waals surface area (Å²) in [6.07, 6.45) is 0.352. The number of nitrogens with zero attached hydrogens (tertiary/aromatic N) is 1. The van der Waals surface area contributed by atoms with Crippen molar-refractivity contribution in [2.75, 3.05) is 19.9 Å². The van der Waals surface area contributed by atoms with Gasteiger partial charge in [0.15, 0.2) is 11.5 Å². The number of fused-ring (bicyclic) bond motifs is 1. The van der Waals surface area contributed by atoms with Gasteiger partial charge in [-0.05, 0) is 23.3 Å². The zero-order chi connectivity index (χ0) is 16.5. The van der Waals surface area contributed by atoms with E-state index in [-0.39, 0.29) is 24.7 Å². The highest BCUT2D eigenvalue weighted by Gasteiger charge is 2.33. The Bertz CT molecular complexity index is 748. The van der Waals surface area contributed by atoms with Gasteiger partial charge < -0.3 is 20.1 Å². The van der Waals surface area contributed by atoms with E-state index in [1.807, 2.05) is 41.3 Å². The van der Waals surface area contributed by atoms with Crippen molar-refractivity contribution in [1.82, 2.24) is 4.90 Å². The third-order valence-corrected chi connectivity index (χ3v) is 4.74. The Balaban J connectivity index is 1.44. The van der Waals surface area contributed by atoms with Crippen molar-refractivity contribution in [2.45, 2.75) is 18.4 Å². The van der Waals surface area contributed by atoms with E-state index in [4.69, 9.17) is 15.2 Å². The highest BCUT2D eigenvalue weighted by molar-refractivity contribution is 5.79. The Morgan fingerprint density at radius 3 is 2.71 bits per heavy atom. The van der Waals surface area contributed by atoms with E-state index < -0.39 is 0 Å². The van der Waals surface area contributed by atoms with Crippen LogP contribution in [0.25, 0.3) is 0 Å². The van der Waals surface area contributed by atoms with Gasteiger partial charge in [0.05, 0.1) is 6.42 Å². The van der Waals surface area contributed by atoms with Crippen LogP contribution in [-0.2, 0) is 11.2 Å². The van der Waals surface area contributed by atoms with Gasteiger partial charge in [0.25, 0.3) is 0 Å². The number of carbonyl (C=O) groups is 1. The number of ether oxygens (including phenoxy) is 2. The Kier molecular flexibility index (Phi) is 3.86. The number of benzene rings is 2. The van der Waals surface area contributed by atoms with Crippen molar-refractivity contribution in [1.29, 1.82) is 0 Å². The molecular formula is C19H20N2O3. The Morgan fingerprint density at radius 2 is 1.88 bits per heavy atom. The molecule has 4 rings (SSSR count). The molecule has 0 aliphatic carbocycles. The van der Waals surface area contributed by atoms with Crippen molar-refractivity contribution in [3.63, 3.8) is 0 Å². The third-order valence-electron chi connectivity index (χ3n) is 4.74. The fraction of sp³-hybridized carbons (Fsp3) is 0.316. The van der Waals surface area contributed by atoms with Crippen LogP contribution in [0.3, 0.4) is 0 Å². The normalized spacial score (nSPS) is 22.0. The van der Waals surface area contributed by atoms with Gasteiger partial charge in [-0.2, -0.15) is 0 Å². The molecule has 2 aromatic rings. The van der Waals surface area contributed by atoms with Crippen molar-refractivity contribution in [2.24, 2.45) is 5.73 Å². The molecule has 0 unspecified atom stereocenters. The Hall–Kier alpha value is -2.53. The van der Waals surface area contributed by atoms with E-state index in [1.54, 1.807) is 0 Å². The molecule has 5 heteroatoms. The van der Waals surface area contributed by atoms with Crippen LogP contribution in [0.15, 0.2) is 48.5 Å². The van der Waals surface area contributed by atoms with E-state index in [0.29, 0.717) is 25.3 Å². The molecule has 1 fully saturated rings. The van der Waals surface area contributed by atoms with Gasteiger partial charge in [-0.15, -0.1) is 0 Å². The minimum absolute atomic E-state index is 0.0203. The average Bonchev–Trinajstić information content (AvgIpc) is 3.21. The van der Waals surface area contributed by atoms with Crippen molar-refractivity contribution >= 4 is 5.91 Å². The standard InChI is InChI=1S/C19H20N2O3/c20-16-11-21(10-15(16)14-4-2-1-3-5-14)19(22)9-13-6-7-17-18(8-13)24-12-23-17/h1-8,15-16H,9-12,20H2/t15-,16+/m1/s1. The molecule has 5 nitrogen and oxygen atoms in total. The molecule has 2 N–H and O–H groups in total. The quantitative estimate of drug-likeness (QED) is 0.937. The molecule has 124 valence electrons. The summed E-state index contributed by atoms with van der Waals surface area (Å²) in [6, 6.07) is 15.8. The van der Waals surface area contributed by atoms with Gasteiger partial charge >= 0.3 is 0 Å². The number of hydrogen-bond donors (Lipinski definition) is 1. The lowest BCUT2D eigenvalue weighted by molar-refractivity contribution is -0.129. The molecule has 0 aromatic heterocycles. The summed E-state index contributed by atoms with van der Waals surface area (Å²) in [5.74, 6) is 1.74. The van der Waals surface area contributed by atoms with Crippen molar-refractivity contribution in [3.8, 4) is 11.5 Å². The molecule has 1 saturated heterocycles. The maximum absolute atomic E-state index is 12.6. The summed E-state index contributed by atoms with van der Waals surface area (Å²) in [5.41, 5.74) is 8.40. The molecule has 2 aliphatic heterocycles. The highest BCUT2D eigenvalue weighted by atomic mass is 16.7. The monoisotopic (exact) mass is 324 g/mol. The van der Waals surface area contributed by atoms with Crippen LogP contribution in [0.2, 0.25) is 0 Å². The lowest BCUT2D eigenvalue weighted by Crippen LogP contribution is -2.33. The fourth-order valence-corrected chi connectivity index (χ4v) is 3.42. The number of nitrogens with two attached hydrogens (primary N) is 1. The first-order valence-corrected chi connectivity index (χ1v) is 8.17. The predicted octanol–water partition coefficient (Wildman–Crippen LogP) is 1.91. The van der Waals surface area contributed by atoms with Gasteiger partial charge in [0, 0.05) is 25.0 Å². The average molecular weight is 324 g/mol. The third kappa shape index (κ3) is 2.83. The van der Waals surface area contributed by atoms with E-state index in [1.165, 1.54) is 5.56 Å². The molecule has 2 aromatic carbocycles. The maximum atomic E-state index is 12.6. The predicted molar refractivity (Wildman–Crippen MR) is 90.0 cm³/mol. The van der Waals surface area contributed by atoms with E-state index in [0.717, 1.165) is 11.3 Å². The van der Waals surface area contributed by atoms with Crippen molar-refractivity contribution < 1.29 is 14.3 Å². The molecule has 2 atom stereocenters. The molecule has 24 heavy (non-hydrogen) atoms. The van der Waals surface area contributed by atoms with Crippen LogP contribution in [0, 0.1) is 0 Å². The second kappa shape index (κ2) is 6.17. The lowest BCUT2D eigenvalue weighted by atomic mass is 9.95. The summed E-state index contributed by atoms with van der Waals surface area (Å²) < 4.78 is 10.7. The molecule has 2 heterocycles. The first kappa shape index (κ1) is 15.0. The van der Waals surface area contributed by atoms with Crippen molar-refractivity contribution in [3.05, 3.63) is 59.7 Å². The minimum atomic E-state index is -0.0203. The van der Waals surface area contributed by atoms with Crippen LogP contribution in [0.1, 0.15) is 17.0 Å². The van der Waals surface area contributed by atoms with Gasteiger partial charge in [0.2, 0.25) is 12.7 Å². The number of amides is 1. The molecule has 0 bridgehead atoms. The molecule has 0 radical (unpaired) electrons. The summed E-state index contributed by atoms with van der Waals surface area (Å²) in [7, 11) is 0. The van der Waals surface area contributed by atoms with E-state index in [2.05, 4.69) is 12.1 Å².